The number of aliphatic hydroxyl groups is 1. The first-order valence-electron chi connectivity index (χ1n) is 7.76. The molecule has 1 aromatic carbocycles. The second-order valence-electron chi connectivity index (χ2n) is 5.64. The number of nitrogens with one attached hydrogen (secondary N) is 1. The van der Waals surface area contributed by atoms with Gasteiger partial charge in [0.15, 0.2) is 11.5 Å². The van der Waals surface area contributed by atoms with E-state index in [1.54, 1.807) is 0 Å². The number of rotatable bonds is 6. The SMILES string of the molecule is CCCNCc1cc2c(cc1OC1CCCC1O)OCO2. The van der Waals surface area contributed by atoms with Crippen LogP contribution in [0.5, 0.6) is 17.2 Å². The van der Waals surface area contributed by atoms with Gasteiger partial charge in [0.25, 0.3) is 0 Å². The summed E-state index contributed by atoms with van der Waals surface area (Å²) in [6.45, 7) is 4.08. The summed E-state index contributed by atoms with van der Waals surface area (Å²) in [4.78, 5) is 0. The van der Waals surface area contributed by atoms with Gasteiger partial charge in [-0.15, -0.1) is 0 Å². The van der Waals surface area contributed by atoms with E-state index in [9.17, 15) is 5.11 Å². The number of ether oxygens (including phenoxy) is 3. The van der Waals surface area contributed by atoms with Gasteiger partial charge in [0, 0.05) is 18.2 Å². The van der Waals surface area contributed by atoms with Crippen molar-refractivity contribution in [3.63, 3.8) is 0 Å². The lowest BCUT2D eigenvalue weighted by atomic mass is 10.1. The molecule has 0 aromatic heterocycles. The Morgan fingerprint density at radius 3 is 2.81 bits per heavy atom. The van der Waals surface area contributed by atoms with Crippen LogP contribution in [0.15, 0.2) is 12.1 Å². The van der Waals surface area contributed by atoms with Gasteiger partial charge in [-0.3, -0.25) is 0 Å². The van der Waals surface area contributed by atoms with Gasteiger partial charge in [-0.1, -0.05) is 6.92 Å². The Bertz CT molecular complexity index is 491. The zero-order valence-corrected chi connectivity index (χ0v) is 12.4. The van der Waals surface area contributed by atoms with E-state index in [4.69, 9.17) is 14.2 Å². The average molecular weight is 293 g/mol. The summed E-state index contributed by atoms with van der Waals surface area (Å²) < 4.78 is 16.9. The Morgan fingerprint density at radius 2 is 2.10 bits per heavy atom. The summed E-state index contributed by atoms with van der Waals surface area (Å²) in [5, 5.41) is 13.3. The fourth-order valence-corrected chi connectivity index (χ4v) is 2.82. The molecule has 2 aliphatic rings. The Morgan fingerprint density at radius 1 is 1.29 bits per heavy atom. The van der Waals surface area contributed by atoms with Crippen molar-refractivity contribution in [2.24, 2.45) is 0 Å². The van der Waals surface area contributed by atoms with E-state index in [2.05, 4.69) is 12.2 Å². The van der Waals surface area contributed by atoms with Crippen LogP contribution in [0.25, 0.3) is 0 Å². The van der Waals surface area contributed by atoms with E-state index in [1.807, 2.05) is 12.1 Å². The van der Waals surface area contributed by atoms with Crippen LogP contribution in [0.2, 0.25) is 0 Å². The minimum Gasteiger partial charge on any atom is -0.487 e. The van der Waals surface area contributed by atoms with Gasteiger partial charge < -0.3 is 24.6 Å². The van der Waals surface area contributed by atoms with E-state index in [-0.39, 0.29) is 19.0 Å². The Hall–Kier alpha value is -1.46. The fraction of sp³-hybridized carbons (Fsp3) is 0.625. The van der Waals surface area contributed by atoms with Gasteiger partial charge in [0.2, 0.25) is 6.79 Å². The van der Waals surface area contributed by atoms with Crippen molar-refractivity contribution < 1.29 is 19.3 Å². The maximum absolute atomic E-state index is 9.95. The van der Waals surface area contributed by atoms with Crippen LogP contribution in [-0.4, -0.2) is 30.7 Å². The first-order valence-corrected chi connectivity index (χ1v) is 7.76. The molecule has 3 rings (SSSR count). The van der Waals surface area contributed by atoms with Gasteiger partial charge in [0.05, 0.1) is 6.10 Å². The fourth-order valence-electron chi connectivity index (χ4n) is 2.82. The molecule has 0 saturated heterocycles. The van der Waals surface area contributed by atoms with Gasteiger partial charge in [-0.2, -0.15) is 0 Å². The predicted octanol–water partition coefficient (Wildman–Crippen LogP) is 2.21. The van der Waals surface area contributed by atoms with E-state index in [0.29, 0.717) is 0 Å². The highest BCUT2D eigenvalue weighted by atomic mass is 16.7. The first-order chi connectivity index (χ1) is 10.3. The lowest BCUT2D eigenvalue weighted by Gasteiger charge is -2.20. The molecule has 2 atom stereocenters. The van der Waals surface area contributed by atoms with Gasteiger partial charge in [-0.25, -0.2) is 0 Å². The summed E-state index contributed by atoms with van der Waals surface area (Å²) in [7, 11) is 0. The maximum Gasteiger partial charge on any atom is 0.231 e. The van der Waals surface area contributed by atoms with Crippen molar-refractivity contribution in [2.75, 3.05) is 13.3 Å². The predicted molar refractivity (Wildman–Crippen MR) is 78.8 cm³/mol. The largest absolute Gasteiger partial charge is 0.487 e. The third-order valence-corrected chi connectivity index (χ3v) is 3.99. The van der Waals surface area contributed by atoms with Crippen LogP contribution in [0, 0.1) is 0 Å². The molecule has 1 fully saturated rings. The van der Waals surface area contributed by atoms with Gasteiger partial charge in [-0.05, 0) is 38.3 Å². The molecule has 0 bridgehead atoms. The third-order valence-electron chi connectivity index (χ3n) is 3.99. The number of aliphatic hydroxyl groups excluding tert-OH is 1. The van der Waals surface area contributed by atoms with E-state index >= 15 is 0 Å². The highest BCUT2D eigenvalue weighted by molar-refractivity contribution is 5.52. The standard InChI is InChI=1S/C16H23NO4/c1-2-6-17-9-11-7-15-16(20-10-19-15)8-14(11)21-13-5-3-4-12(13)18/h7-8,12-13,17-18H,2-6,9-10H2,1H3. The van der Waals surface area contributed by atoms with Crippen molar-refractivity contribution in [2.45, 2.75) is 51.4 Å². The topological polar surface area (TPSA) is 60.0 Å². The molecular weight excluding hydrogens is 270 g/mol. The average Bonchev–Trinajstić information content (AvgIpc) is 3.08. The Labute approximate surface area is 125 Å². The molecular formula is C16H23NO4. The van der Waals surface area contributed by atoms with Crippen molar-refractivity contribution in [3.05, 3.63) is 17.7 Å². The monoisotopic (exact) mass is 293 g/mol. The molecule has 1 aromatic rings. The highest BCUT2D eigenvalue weighted by Gasteiger charge is 2.28. The van der Waals surface area contributed by atoms with Crippen molar-refractivity contribution in [1.29, 1.82) is 0 Å². The summed E-state index contributed by atoms with van der Waals surface area (Å²) in [5.74, 6) is 2.27. The molecule has 116 valence electrons. The summed E-state index contributed by atoms with van der Waals surface area (Å²) in [6.07, 6.45) is 3.33. The second-order valence-corrected chi connectivity index (χ2v) is 5.64. The number of hydrogen-bond acceptors (Lipinski definition) is 5. The quantitative estimate of drug-likeness (QED) is 0.788. The number of fused-ring (bicyclic) bond motifs is 1. The molecule has 2 unspecified atom stereocenters. The molecule has 0 radical (unpaired) electrons. The molecule has 1 aliphatic heterocycles. The van der Waals surface area contributed by atoms with Crippen molar-refractivity contribution in [3.8, 4) is 17.2 Å². The lowest BCUT2D eigenvalue weighted by molar-refractivity contribution is 0.0596. The van der Waals surface area contributed by atoms with Crippen LogP contribution in [0.3, 0.4) is 0 Å². The van der Waals surface area contributed by atoms with E-state index in [0.717, 1.165) is 61.6 Å². The van der Waals surface area contributed by atoms with Crippen LogP contribution in [0.1, 0.15) is 38.2 Å². The Balaban J connectivity index is 1.78. The van der Waals surface area contributed by atoms with Crippen LogP contribution in [-0.2, 0) is 6.54 Å². The molecule has 0 amide bonds. The van der Waals surface area contributed by atoms with Crippen molar-refractivity contribution in [1.82, 2.24) is 5.32 Å². The maximum atomic E-state index is 9.95. The van der Waals surface area contributed by atoms with Gasteiger partial charge >= 0.3 is 0 Å². The van der Waals surface area contributed by atoms with Crippen LogP contribution >= 0.6 is 0 Å². The van der Waals surface area contributed by atoms with Crippen molar-refractivity contribution >= 4 is 0 Å². The smallest absolute Gasteiger partial charge is 0.231 e. The third kappa shape index (κ3) is 3.24. The Kier molecular flexibility index (Phi) is 4.51. The summed E-state index contributed by atoms with van der Waals surface area (Å²) in [5.41, 5.74) is 1.05. The molecule has 1 aliphatic carbocycles. The molecule has 1 heterocycles. The van der Waals surface area contributed by atoms with Gasteiger partial charge in [0.1, 0.15) is 11.9 Å². The zero-order chi connectivity index (χ0) is 14.7. The zero-order valence-electron chi connectivity index (χ0n) is 12.4. The first kappa shape index (κ1) is 14.5. The lowest BCUT2D eigenvalue weighted by Crippen LogP contribution is -2.26. The molecule has 2 N–H and O–H groups in total. The highest BCUT2D eigenvalue weighted by Crippen LogP contribution is 2.39. The van der Waals surface area contributed by atoms with E-state index < -0.39 is 0 Å². The van der Waals surface area contributed by atoms with Crippen LogP contribution in [0.4, 0.5) is 0 Å². The molecule has 0 spiro atoms. The molecule has 5 heteroatoms. The van der Waals surface area contributed by atoms with Crippen LogP contribution < -0.4 is 19.5 Å². The molecule has 21 heavy (non-hydrogen) atoms. The van der Waals surface area contributed by atoms with E-state index in [1.165, 1.54) is 0 Å². The molecule has 1 saturated carbocycles. The summed E-state index contributed by atoms with van der Waals surface area (Å²) in [6, 6.07) is 3.86. The summed E-state index contributed by atoms with van der Waals surface area (Å²) >= 11 is 0. The second kappa shape index (κ2) is 6.54. The molecule has 5 nitrogen and oxygen atoms in total. The number of hydrogen-bond donors (Lipinski definition) is 2. The minimum absolute atomic E-state index is 0.115. The normalized spacial score (nSPS) is 23.5. The number of benzene rings is 1. The minimum atomic E-state index is -0.369.